The number of ether oxygens (including phenoxy) is 1. The van der Waals surface area contributed by atoms with Crippen molar-refractivity contribution in [3.63, 3.8) is 0 Å². The van der Waals surface area contributed by atoms with Gasteiger partial charge in [-0.25, -0.2) is 13.8 Å². The second-order valence-electron chi connectivity index (χ2n) is 4.46. The van der Waals surface area contributed by atoms with Gasteiger partial charge in [0.15, 0.2) is 0 Å². The molecule has 0 amide bonds. The summed E-state index contributed by atoms with van der Waals surface area (Å²) in [5.74, 6) is 0.625. The minimum absolute atomic E-state index is 0.302. The molecule has 0 fully saturated rings. The van der Waals surface area contributed by atoms with E-state index in [1.807, 2.05) is 6.20 Å². The molecular formula is C12H20F2N2OS. The molecule has 0 aliphatic heterocycles. The van der Waals surface area contributed by atoms with Crippen molar-refractivity contribution < 1.29 is 13.5 Å². The van der Waals surface area contributed by atoms with Gasteiger partial charge in [0.2, 0.25) is 0 Å². The first-order chi connectivity index (χ1) is 8.58. The molecule has 0 radical (unpaired) electrons. The number of nitrogens with one attached hydrogen (secondary N) is 1. The molecule has 0 bridgehead atoms. The van der Waals surface area contributed by atoms with Gasteiger partial charge in [-0.1, -0.05) is 13.8 Å². The summed E-state index contributed by atoms with van der Waals surface area (Å²) in [4.78, 5) is 5.41. The van der Waals surface area contributed by atoms with Crippen molar-refractivity contribution in [2.45, 2.75) is 33.2 Å². The maximum Gasteiger partial charge on any atom is 0.261 e. The third-order valence-corrected chi connectivity index (χ3v) is 3.21. The van der Waals surface area contributed by atoms with E-state index in [4.69, 9.17) is 4.74 Å². The van der Waals surface area contributed by atoms with Crippen LogP contribution in [0.5, 0.6) is 0 Å². The Balaban J connectivity index is 2.17. The summed E-state index contributed by atoms with van der Waals surface area (Å²) in [6.45, 7) is 5.92. The molecule has 1 heterocycles. The van der Waals surface area contributed by atoms with E-state index in [2.05, 4.69) is 24.1 Å². The van der Waals surface area contributed by atoms with E-state index >= 15 is 0 Å². The zero-order chi connectivity index (χ0) is 13.4. The van der Waals surface area contributed by atoms with Gasteiger partial charge in [0.25, 0.3) is 6.43 Å². The van der Waals surface area contributed by atoms with Gasteiger partial charge in [-0.05, 0) is 12.5 Å². The molecule has 0 saturated heterocycles. The molecule has 6 heteroatoms. The third kappa shape index (κ3) is 6.98. The summed E-state index contributed by atoms with van der Waals surface area (Å²) < 4.78 is 28.5. The second-order valence-corrected chi connectivity index (χ2v) is 5.66. The highest BCUT2D eigenvalue weighted by Gasteiger charge is 2.05. The van der Waals surface area contributed by atoms with Crippen molar-refractivity contribution in [1.29, 1.82) is 0 Å². The molecule has 0 unspecified atom stereocenters. The second kappa shape index (κ2) is 8.50. The van der Waals surface area contributed by atoms with Gasteiger partial charge in [-0.3, -0.25) is 0 Å². The van der Waals surface area contributed by atoms with Crippen LogP contribution in [-0.4, -0.2) is 31.2 Å². The highest BCUT2D eigenvalue weighted by molar-refractivity contribution is 7.11. The standard InChI is InChI=1S/C12H20F2N2OS/c1-9(2)5-15-6-10-7-16-12(18-10)3-4-17-8-11(13)14/h7,9,11,15H,3-6,8H2,1-2H3. The van der Waals surface area contributed by atoms with Crippen molar-refractivity contribution in [2.75, 3.05) is 19.8 Å². The highest BCUT2D eigenvalue weighted by Crippen LogP contribution is 2.13. The number of thiazole rings is 1. The minimum atomic E-state index is -2.39. The maximum atomic E-state index is 11.8. The first kappa shape index (κ1) is 15.5. The molecule has 0 atom stereocenters. The van der Waals surface area contributed by atoms with Gasteiger partial charge in [-0.15, -0.1) is 11.3 Å². The van der Waals surface area contributed by atoms with Gasteiger partial charge in [-0.2, -0.15) is 0 Å². The van der Waals surface area contributed by atoms with Crippen molar-refractivity contribution >= 4 is 11.3 Å². The van der Waals surface area contributed by atoms with Gasteiger partial charge < -0.3 is 10.1 Å². The van der Waals surface area contributed by atoms with Crippen LogP contribution in [0.2, 0.25) is 0 Å². The molecule has 1 N–H and O–H groups in total. The summed E-state index contributed by atoms with van der Waals surface area (Å²) in [5, 5.41) is 4.27. The molecule has 3 nitrogen and oxygen atoms in total. The van der Waals surface area contributed by atoms with Crippen LogP contribution in [0.15, 0.2) is 6.20 Å². The van der Waals surface area contributed by atoms with Crippen LogP contribution in [0.3, 0.4) is 0 Å². The number of alkyl halides is 2. The lowest BCUT2D eigenvalue weighted by Crippen LogP contribution is -2.18. The summed E-state index contributed by atoms with van der Waals surface area (Å²) in [7, 11) is 0. The first-order valence-electron chi connectivity index (χ1n) is 6.08. The van der Waals surface area contributed by atoms with E-state index in [1.165, 1.54) is 4.88 Å². The maximum absolute atomic E-state index is 11.8. The number of hydrogen-bond donors (Lipinski definition) is 1. The predicted octanol–water partition coefficient (Wildman–Crippen LogP) is 2.71. The van der Waals surface area contributed by atoms with Gasteiger partial charge in [0.1, 0.15) is 6.61 Å². The molecule has 1 aromatic rings. The van der Waals surface area contributed by atoms with E-state index in [9.17, 15) is 8.78 Å². The Labute approximate surface area is 111 Å². The molecule has 1 rings (SSSR count). The van der Waals surface area contributed by atoms with Gasteiger partial charge in [0, 0.05) is 24.0 Å². The highest BCUT2D eigenvalue weighted by atomic mass is 32.1. The summed E-state index contributed by atoms with van der Waals surface area (Å²) in [5.41, 5.74) is 0. The number of halogens is 2. The zero-order valence-corrected chi connectivity index (χ0v) is 11.6. The van der Waals surface area contributed by atoms with Crippen LogP contribution in [0.1, 0.15) is 23.7 Å². The van der Waals surface area contributed by atoms with Crippen LogP contribution in [0.4, 0.5) is 8.78 Å². The number of rotatable bonds is 9. The van der Waals surface area contributed by atoms with E-state index in [0.29, 0.717) is 18.9 Å². The third-order valence-electron chi connectivity index (χ3n) is 2.16. The summed E-state index contributed by atoms with van der Waals surface area (Å²) >= 11 is 1.60. The van der Waals surface area contributed by atoms with E-state index in [-0.39, 0.29) is 0 Å². The van der Waals surface area contributed by atoms with E-state index in [1.54, 1.807) is 11.3 Å². The Bertz CT molecular complexity index is 332. The Hall–Kier alpha value is -0.590. The van der Waals surface area contributed by atoms with E-state index in [0.717, 1.165) is 18.1 Å². The lowest BCUT2D eigenvalue weighted by molar-refractivity contribution is 0.0187. The SMILES string of the molecule is CC(C)CNCc1cnc(CCOCC(F)F)s1. The quantitative estimate of drug-likeness (QED) is 0.705. The largest absolute Gasteiger partial charge is 0.375 e. The van der Waals surface area contributed by atoms with Crippen LogP contribution in [-0.2, 0) is 17.7 Å². The normalized spacial score (nSPS) is 11.7. The van der Waals surface area contributed by atoms with Gasteiger partial charge >= 0.3 is 0 Å². The minimum Gasteiger partial charge on any atom is -0.375 e. The topological polar surface area (TPSA) is 34.2 Å². The molecule has 1 aromatic heterocycles. The van der Waals surface area contributed by atoms with Crippen LogP contribution in [0, 0.1) is 5.92 Å². The molecule has 0 aromatic carbocycles. The molecule has 104 valence electrons. The van der Waals surface area contributed by atoms with Crippen LogP contribution >= 0.6 is 11.3 Å². The fourth-order valence-corrected chi connectivity index (χ4v) is 2.23. The number of nitrogens with zero attached hydrogens (tertiary/aromatic N) is 1. The van der Waals surface area contributed by atoms with Crippen LogP contribution in [0.25, 0.3) is 0 Å². The van der Waals surface area contributed by atoms with Crippen molar-refractivity contribution in [1.82, 2.24) is 10.3 Å². The lowest BCUT2D eigenvalue weighted by atomic mass is 10.2. The fourth-order valence-electron chi connectivity index (χ4n) is 1.36. The average Bonchev–Trinajstić information content (AvgIpc) is 2.72. The van der Waals surface area contributed by atoms with Crippen LogP contribution < -0.4 is 5.32 Å². The van der Waals surface area contributed by atoms with Crippen molar-refractivity contribution in [3.8, 4) is 0 Å². The van der Waals surface area contributed by atoms with Crippen molar-refractivity contribution in [3.05, 3.63) is 16.1 Å². The fraction of sp³-hybridized carbons (Fsp3) is 0.750. The van der Waals surface area contributed by atoms with Crippen molar-refractivity contribution in [2.24, 2.45) is 5.92 Å². The molecule has 18 heavy (non-hydrogen) atoms. The molecular weight excluding hydrogens is 258 g/mol. The molecule has 0 aliphatic rings. The Morgan fingerprint density at radius 1 is 1.44 bits per heavy atom. The van der Waals surface area contributed by atoms with Gasteiger partial charge in [0.05, 0.1) is 11.6 Å². The molecule has 0 saturated carbocycles. The van der Waals surface area contributed by atoms with E-state index < -0.39 is 13.0 Å². The summed E-state index contributed by atoms with van der Waals surface area (Å²) in [6.07, 6.45) is 0.0410. The monoisotopic (exact) mass is 278 g/mol. The zero-order valence-electron chi connectivity index (χ0n) is 10.8. The number of hydrogen-bond acceptors (Lipinski definition) is 4. The number of aromatic nitrogens is 1. The predicted molar refractivity (Wildman–Crippen MR) is 69.2 cm³/mol. The lowest BCUT2D eigenvalue weighted by Gasteiger charge is -2.04. The smallest absolute Gasteiger partial charge is 0.261 e. The first-order valence-corrected chi connectivity index (χ1v) is 6.89. The Morgan fingerprint density at radius 3 is 2.89 bits per heavy atom. The molecule has 0 aliphatic carbocycles. The Kier molecular flexibility index (Phi) is 7.31. The molecule has 0 spiro atoms. The average molecular weight is 278 g/mol. The Morgan fingerprint density at radius 2 is 2.22 bits per heavy atom. The summed E-state index contributed by atoms with van der Waals surface area (Å²) in [6, 6.07) is 0.